The summed E-state index contributed by atoms with van der Waals surface area (Å²) in [5, 5.41) is 10.5. The van der Waals surface area contributed by atoms with Gasteiger partial charge in [0.15, 0.2) is 0 Å². The molecule has 1 aliphatic carbocycles. The molecule has 0 amide bonds. The molecule has 2 heteroatoms. The van der Waals surface area contributed by atoms with Crippen LogP contribution in [-0.4, -0.2) is 11.2 Å². The standard InChI is InChI=1S/C17H20OS/c1-2-13-8-9-14(19-13)11-17(18)16-10-7-12-5-3-4-6-15(12)16/h3-6,8-9,16-18H,2,7,10-11H2,1H3. The van der Waals surface area contributed by atoms with Crippen molar-refractivity contribution in [1.29, 1.82) is 0 Å². The third-order valence-corrected chi connectivity index (χ3v) is 5.37. The molecule has 2 atom stereocenters. The minimum Gasteiger partial charge on any atom is -0.392 e. The Kier molecular flexibility index (Phi) is 3.72. The fourth-order valence-electron chi connectivity index (χ4n) is 3.06. The molecule has 0 radical (unpaired) electrons. The van der Waals surface area contributed by atoms with Crippen LogP contribution in [0.15, 0.2) is 36.4 Å². The van der Waals surface area contributed by atoms with E-state index in [-0.39, 0.29) is 6.10 Å². The minimum atomic E-state index is -0.244. The van der Waals surface area contributed by atoms with Gasteiger partial charge in [-0.2, -0.15) is 0 Å². The molecule has 0 bridgehead atoms. The Balaban J connectivity index is 1.73. The summed E-state index contributed by atoms with van der Waals surface area (Å²) in [5.41, 5.74) is 2.79. The first kappa shape index (κ1) is 12.9. The van der Waals surface area contributed by atoms with Crippen LogP contribution in [0.1, 0.15) is 40.1 Å². The fourth-order valence-corrected chi connectivity index (χ4v) is 4.07. The van der Waals surface area contributed by atoms with Crippen molar-refractivity contribution in [2.24, 2.45) is 0 Å². The monoisotopic (exact) mass is 272 g/mol. The van der Waals surface area contributed by atoms with E-state index in [4.69, 9.17) is 0 Å². The molecule has 0 aliphatic heterocycles. The van der Waals surface area contributed by atoms with E-state index in [1.54, 1.807) is 0 Å². The van der Waals surface area contributed by atoms with Crippen molar-refractivity contribution < 1.29 is 5.11 Å². The first-order valence-electron chi connectivity index (χ1n) is 7.11. The summed E-state index contributed by atoms with van der Waals surface area (Å²) in [6, 6.07) is 12.9. The van der Waals surface area contributed by atoms with Gasteiger partial charge in [-0.15, -0.1) is 11.3 Å². The minimum absolute atomic E-state index is 0.244. The predicted octanol–water partition coefficient (Wildman–Crippen LogP) is 3.94. The second-order valence-electron chi connectivity index (χ2n) is 5.34. The van der Waals surface area contributed by atoms with E-state index in [2.05, 4.69) is 43.3 Å². The smallest absolute Gasteiger partial charge is 0.0657 e. The largest absolute Gasteiger partial charge is 0.392 e. The number of aryl methyl sites for hydroxylation is 2. The first-order valence-corrected chi connectivity index (χ1v) is 7.93. The van der Waals surface area contributed by atoms with Crippen LogP contribution in [0.2, 0.25) is 0 Å². The highest BCUT2D eigenvalue weighted by atomic mass is 32.1. The maximum absolute atomic E-state index is 10.5. The summed E-state index contributed by atoms with van der Waals surface area (Å²) >= 11 is 1.84. The molecule has 1 heterocycles. The highest BCUT2D eigenvalue weighted by molar-refractivity contribution is 7.11. The lowest BCUT2D eigenvalue weighted by atomic mass is 9.93. The van der Waals surface area contributed by atoms with E-state index < -0.39 is 0 Å². The lowest BCUT2D eigenvalue weighted by Crippen LogP contribution is -2.18. The zero-order chi connectivity index (χ0) is 13.2. The van der Waals surface area contributed by atoms with Crippen molar-refractivity contribution in [1.82, 2.24) is 0 Å². The van der Waals surface area contributed by atoms with Gasteiger partial charge in [0.05, 0.1) is 6.10 Å². The van der Waals surface area contributed by atoms with Crippen LogP contribution in [0, 0.1) is 0 Å². The van der Waals surface area contributed by atoms with Gasteiger partial charge in [0.1, 0.15) is 0 Å². The molecule has 19 heavy (non-hydrogen) atoms. The molecule has 1 aromatic heterocycles. The number of aliphatic hydroxyl groups is 1. The summed E-state index contributed by atoms with van der Waals surface area (Å²) in [6.45, 7) is 2.18. The molecular weight excluding hydrogens is 252 g/mol. The molecule has 0 saturated carbocycles. The number of benzene rings is 1. The molecule has 100 valence electrons. The van der Waals surface area contributed by atoms with Crippen LogP contribution < -0.4 is 0 Å². The number of rotatable bonds is 4. The first-order chi connectivity index (χ1) is 9.28. The summed E-state index contributed by atoms with van der Waals surface area (Å²) in [4.78, 5) is 2.72. The number of hydrogen-bond acceptors (Lipinski definition) is 2. The molecule has 1 nitrogen and oxygen atoms in total. The Morgan fingerprint density at radius 2 is 2.00 bits per heavy atom. The molecule has 2 unspecified atom stereocenters. The SMILES string of the molecule is CCc1ccc(CC(O)C2CCc3ccccc32)s1. The Labute approximate surface area is 118 Å². The number of fused-ring (bicyclic) bond motifs is 1. The Hall–Kier alpha value is -1.12. The van der Waals surface area contributed by atoms with Crippen molar-refractivity contribution in [2.45, 2.75) is 44.6 Å². The lowest BCUT2D eigenvalue weighted by molar-refractivity contribution is 0.144. The van der Waals surface area contributed by atoms with E-state index in [9.17, 15) is 5.11 Å². The molecule has 0 spiro atoms. The zero-order valence-electron chi connectivity index (χ0n) is 11.3. The second kappa shape index (κ2) is 5.48. The average molecular weight is 272 g/mol. The van der Waals surface area contributed by atoms with Crippen molar-refractivity contribution in [3.63, 3.8) is 0 Å². The molecule has 1 N–H and O–H groups in total. The van der Waals surface area contributed by atoms with Crippen LogP contribution in [-0.2, 0) is 19.3 Å². The number of aliphatic hydroxyl groups excluding tert-OH is 1. The van der Waals surface area contributed by atoms with E-state index in [0.717, 1.165) is 25.7 Å². The van der Waals surface area contributed by atoms with E-state index >= 15 is 0 Å². The van der Waals surface area contributed by atoms with Crippen LogP contribution >= 0.6 is 11.3 Å². The van der Waals surface area contributed by atoms with Gasteiger partial charge in [0.2, 0.25) is 0 Å². The van der Waals surface area contributed by atoms with Crippen molar-refractivity contribution in [3.05, 3.63) is 57.3 Å². The van der Waals surface area contributed by atoms with Gasteiger partial charge in [0, 0.05) is 22.1 Å². The van der Waals surface area contributed by atoms with E-state index in [1.165, 1.54) is 20.9 Å². The van der Waals surface area contributed by atoms with Gasteiger partial charge in [0.25, 0.3) is 0 Å². The fraction of sp³-hybridized carbons (Fsp3) is 0.412. The number of thiophene rings is 1. The normalized spacial score (nSPS) is 19.4. The average Bonchev–Trinajstić information content (AvgIpc) is 3.04. The Morgan fingerprint density at radius 1 is 1.21 bits per heavy atom. The van der Waals surface area contributed by atoms with Crippen molar-refractivity contribution in [2.75, 3.05) is 0 Å². The highest BCUT2D eigenvalue weighted by Gasteiger charge is 2.28. The molecule has 2 aromatic rings. The van der Waals surface area contributed by atoms with Gasteiger partial charge in [-0.25, -0.2) is 0 Å². The third kappa shape index (κ3) is 2.60. The van der Waals surface area contributed by atoms with Gasteiger partial charge >= 0.3 is 0 Å². The van der Waals surface area contributed by atoms with Crippen molar-refractivity contribution >= 4 is 11.3 Å². The van der Waals surface area contributed by atoms with Gasteiger partial charge in [-0.1, -0.05) is 31.2 Å². The van der Waals surface area contributed by atoms with Gasteiger partial charge in [-0.3, -0.25) is 0 Å². The molecule has 0 saturated heterocycles. The molecule has 1 aromatic carbocycles. The molecule has 1 aliphatic rings. The van der Waals surface area contributed by atoms with Crippen molar-refractivity contribution in [3.8, 4) is 0 Å². The zero-order valence-corrected chi connectivity index (χ0v) is 12.1. The maximum Gasteiger partial charge on any atom is 0.0657 e. The van der Waals surface area contributed by atoms with Crippen LogP contribution in [0.5, 0.6) is 0 Å². The second-order valence-corrected chi connectivity index (χ2v) is 6.59. The van der Waals surface area contributed by atoms with E-state index in [0.29, 0.717) is 5.92 Å². The summed E-state index contributed by atoms with van der Waals surface area (Å²) in [5.74, 6) is 0.323. The number of hydrogen-bond donors (Lipinski definition) is 1. The highest BCUT2D eigenvalue weighted by Crippen LogP contribution is 2.36. The summed E-state index contributed by atoms with van der Waals surface area (Å²) < 4.78 is 0. The molecule has 0 fully saturated rings. The molecular formula is C17H20OS. The van der Waals surface area contributed by atoms with Crippen LogP contribution in [0.25, 0.3) is 0 Å². The third-order valence-electron chi connectivity index (χ3n) is 4.12. The van der Waals surface area contributed by atoms with Gasteiger partial charge < -0.3 is 5.11 Å². The van der Waals surface area contributed by atoms with Gasteiger partial charge in [-0.05, 0) is 42.5 Å². The molecule has 3 rings (SSSR count). The Bertz CT molecular complexity index is 558. The quantitative estimate of drug-likeness (QED) is 0.893. The maximum atomic E-state index is 10.5. The van der Waals surface area contributed by atoms with Crippen LogP contribution in [0.4, 0.5) is 0 Å². The lowest BCUT2D eigenvalue weighted by Gasteiger charge is -2.18. The topological polar surface area (TPSA) is 20.2 Å². The Morgan fingerprint density at radius 3 is 2.79 bits per heavy atom. The summed E-state index contributed by atoms with van der Waals surface area (Å²) in [6.07, 6.45) is 3.85. The van der Waals surface area contributed by atoms with E-state index in [1.807, 2.05) is 11.3 Å². The van der Waals surface area contributed by atoms with Crippen LogP contribution in [0.3, 0.4) is 0 Å². The predicted molar refractivity (Wildman–Crippen MR) is 80.9 cm³/mol. The summed E-state index contributed by atoms with van der Waals surface area (Å²) in [7, 11) is 0.